The van der Waals surface area contributed by atoms with Crippen LogP contribution in [0.25, 0.3) is 0 Å². The van der Waals surface area contributed by atoms with Crippen LogP contribution in [-0.2, 0) is 12.0 Å². The zero-order valence-corrected chi connectivity index (χ0v) is 11.8. The van der Waals surface area contributed by atoms with E-state index in [0.717, 1.165) is 11.3 Å². The van der Waals surface area contributed by atoms with E-state index in [4.69, 9.17) is 4.74 Å². The lowest BCUT2D eigenvalue weighted by atomic mass is 9.85. The van der Waals surface area contributed by atoms with E-state index >= 15 is 0 Å². The average Bonchev–Trinajstić information content (AvgIpc) is 2.47. The highest BCUT2D eigenvalue weighted by Gasteiger charge is 2.29. The van der Waals surface area contributed by atoms with Crippen LogP contribution in [0.3, 0.4) is 0 Å². The van der Waals surface area contributed by atoms with E-state index in [2.05, 4.69) is 0 Å². The summed E-state index contributed by atoms with van der Waals surface area (Å²) in [5.74, 6) is 0.394. The van der Waals surface area contributed by atoms with Crippen LogP contribution in [0.2, 0.25) is 0 Å². The van der Waals surface area contributed by atoms with Crippen molar-refractivity contribution in [2.24, 2.45) is 0 Å². The molecule has 106 valence electrons. The smallest absolute Gasteiger partial charge is 0.123 e. The highest BCUT2D eigenvalue weighted by Crippen LogP contribution is 2.32. The molecule has 0 heterocycles. The fourth-order valence-corrected chi connectivity index (χ4v) is 2.37. The van der Waals surface area contributed by atoms with Crippen molar-refractivity contribution in [3.63, 3.8) is 0 Å². The van der Waals surface area contributed by atoms with Crippen molar-refractivity contribution >= 4 is 0 Å². The Labute approximate surface area is 118 Å². The predicted molar refractivity (Wildman–Crippen MR) is 77.3 cm³/mol. The SMILES string of the molecule is CCC(O)(Cc1ccccc1OC)c1cccc(F)c1. The summed E-state index contributed by atoms with van der Waals surface area (Å²) in [6, 6.07) is 13.7. The molecule has 2 nitrogen and oxygen atoms in total. The van der Waals surface area contributed by atoms with Gasteiger partial charge in [0.1, 0.15) is 11.6 Å². The second-order valence-corrected chi connectivity index (χ2v) is 4.88. The van der Waals surface area contributed by atoms with Crippen molar-refractivity contribution in [1.82, 2.24) is 0 Å². The Hall–Kier alpha value is -1.87. The lowest BCUT2D eigenvalue weighted by molar-refractivity contribution is 0.0318. The third-order valence-electron chi connectivity index (χ3n) is 3.62. The second kappa shape index (κ2) is 6.06. The van der Waals surface area contributed by atoms with Gasteiger partial charge in [0.15, 0.2) is 0 Å². The monoisotopic (exact) mass is 274 g/mol. The van der Waals surface area contributed by atoms with E-state index < -0.39 is 5.60 Å². The highest BCUT2D eigenvalue weighted by atomic mass is 19.1. The molecule has 0 aliphatic carbocycles. The molecule has 3 heteroatoms. The number of para-hydroxylation sites is 1. The number of methoxy groups -OCH3 is 1. The maximum atomic E-state index is 13.4. The Bertz CT molecular complexity index is 583. The molecule has 2 aromatic carbocycles. The molecule has 0 aromatic heterocycles. The van der Waals surface area contributed by atoms with Crippen molar-refractivity contribution in [2.75, 3.05) is 7.11 Å². The first-order valence-corrected chi connectivity index (χ1v) is 6.69. The molecule has 0 saturated carbocycles. The Morgan fingerprint density at radius 3 is 2.55 bits per heavy atom. The minimum atomic E-state index is -1.10. The predicted octanol–water partition coefficient (Wildman–Crippen LogP) is 3.67. The van der Waals surface area contributed by atoms with Crippen LogP contribution in [0.15, 0.2) is 48.5 Å². The lowest BCUT2D eigenvalue weighted by Gasteiger charge is -2.28. The third kappa shape index (κ3) is 2.99. The topological polar surface area (TPSA) is 29.5 Å². The Kier molecular flexibility index (Phi) is 4.40. The standard InChI is InChI=1S/C17H19FO2/c1-3-17(19,14-8-6-9-15(18)11-14)12-13-7-4-5-10-16(13)20-2/h4-11,19H,3,12H2,1-2H3. The molecular weight excluding hydrogens is 255 g/mol. The number of ether oxygens (including phenoxy) is 1. The van der Waals surface area contributed by atoms with Gasteiger partial charge < -0.3 is 9.84 Å². The first kappa shape index (κ1) is 14.5. The lowest BCUT2D eigenvalue weighted by Crippen LogP contribution is -2.28. The van der Waals surface area contributed by atoms with E-state index in [1.165, 1.54) is 12.1 Å². The maximum Gasteiger partial charge on any atom is 0.123 e. The Morgan fingerprint density at radius 1 is 1.15 bits per heavy atom. The molecule has 1 atom stereocenters. The molecule has 0 bridgehead atoms. The van der Waals surface area contributed by atoms with Gasteiger partial charge in [-0.1, -0.05) is 37.3 Å². The van der Waals surface area contributed by atoms with Crippen molar-refractivity contribution < 1.29 is 14.2 Å². The zero-order chi connectivity index (χ0) is 14.6. The van der Waals surface area contributed by atoms with Crippen LogP contribution >= 0.6 is 0 Å². The zero-order valence-electron chi connectivity index (χ0n) is 11.8. The van der Waals surface area contributed by atoms with Crippen LogP contribution in [-0.4, -0.2) is 12.2 Å². The largest absolute Gasteiger partial charge is 0.496 e. The van der Waals surface area contributed by atoms with Crippen LogP contribution < -0.4 is 4.74 Å². The van der Waals surface area contributed by atoms with Crippen LogP contribution in [0, 0.1) is 5.82 Å². The number of benzene rings is 2. The van der Waals surface area contributed by atoms with Gasteiger partial charge in [0.05, 0.1) is 12.7 Å². The van der Waals surface area contributed by atoms with Crippen molar-refractivity contribution in [1.29, 1.82) is 0 Å². The van der Waals surface area contributed by atoms with Gasteiger partial charge >= 0.3 is 0 Å². The quantitative estimate of drug-likeness (QED) is 0.901. The summed E-state index contributed by atoms with van der Waals surface area (Å²) < 4.78 is 18.7. The molecule has 0 radical (unpaired) electrons. The molecule has 0 saturated heterocycles. The molecule has 1 N–H and O–H groups in total. The molecular formula is C17H19FO2. The first-order valence-electron chi connectivity index (χ1n) is 6.69. The molecule has 0 fully saturated rings. The van der Waals surface area contributed by atoms with E-state index in [9.17, 15) is 9.50 Å². The van der Waals surface area contributed by atoms with Gasteiger partial charge in [0, 0.05) is 6.42 Å². The van der Waals surface area contributed by atoms with Gasteiger partial charge in [0.25, 0.3) is 0 Å². The summed E-state index contributed by atoms with van der Waals surface area (Å²) in [5, 5.41) is 10.9. The second-order valence-electron chi connectivity index (χ2n) is 4.88. The normalized spacial score (nSPS) is 13.8. The molecule has 2 aromatic rings. The molecule has 0 aliphatic rings. The van der Waals surface area contributed by atoms with Gasteiger partial charge in [-0.2, -0.15) is 0 Å². The summed E-state index contributed by atoms with van der Waals surface area (Å²) in [6.07, 6.45) is 0.880. The van der Waals surface area contributed by atoms with E-state index in [1.54, 1.807) is 19.2 Å². The Balaban J connectivity index is 2.36. The van der Waals surface area contributed by atoms with Crippen LogP contribution in [0.4, 0.5) is 4.39 Å². The summed E-state index contributed by atoms with van der Waals surface area (Å²) >= 11 is 0. The molecule has 0 amide bonds. The maximum absolute atomic E-state index is 13.4. The average molecular weight is 274 g/mol. The minimum absolute atomic E-state index is 0.339. The summed E-state index contributed by atoms with van der Waals surface area (Å²) in [6.45, 7) is 1.89. The van der Waals surface area contributed by atoms with E-state index in [1.807, 2.05) is 31.2 Å². The summed E-state index contributed by atoms with van der Waals surface area (Å²) in [4.78, 5) is 0. The summed E-state index contributed by atoms with van der Waals surface area (Å²) in [7, 11) is 1.60. The molecule has 2 rings (SSSR count). The molecule has 20 heavy (non-hydrogen) atoms. The number of aliphatic hydroxyl groups is 1. The fourth-order valence-electron chi connectivity index (χ4n) is 2.37. The van der Waals surface area contributed by atoms with Crippen LogP contribution in [0.5, 0.6) is 5.75 Å². The van der Waals surface area contributed by atoms with Crippen molar-refractivity contribution in [3.8, 4) is 5.75 Å². The van der Waals surface area contributed by atoms with Crippen LogP contribution in [0.1, 0.15) is 24.5 Å². The molecule has 0 aliphatic heterocycles. The van der Waals surface area contributed by atoms with Gasteiger partial charge in [0.2, 0.25) is 0 Å². The van der Waals surface area contributed by atoms with Gasteiger partial charge in [-0.25, -0.2) is 4.39 Å². The number of halogens is 1. The molecule has 0 spiro atoms. The van der Waals surface area contributed by atoms with Crippen molar-refractivity contribution in [3.05, 3.63) is 65.5 Å². The number of hydrogen-bond donors (Lipinski definition) is 1. The van der Waals surface area contributed by atoms with Gasteiger partial charge in [-0.05, 0) is 35.7 Å². The minimum Gasteiger partial charge on any atom is -0.496 e. The summed E-state index contributed by atoms with van der Waals surface area (Å²) in [5.41, 5.74) is 0.394. The number of rotatable bonds is 5. The van der Waals surface area contributed by atoms with E-state index in [0.29, 0.717) is 18.4 Å². The van der Waals surface area contributed by atoms with Gasteiger partial charge in [-0.3, -0.25) is 0 Å². The highest BCUT2D eigenvalue weighted by molar-refractivity contribution is 5.36. The fraction of sp³-hybridized carbons (Fsp3) is 0.294. The van der Waals surface area contributed by atoms with E-state index in [-0.39, 0.29) is 5.82 Å². The first-order chi connectivity index (χ1) is 9.59. The number of hydrogen-bond acceptors (Lipinski definition) is 2. The Morgan fingerprint density at radius 2 is 1.90 bits per heavy atom. The molecule has 1 unspecified atom stereocenters. The van der Waals surface area contributed by atoms with Gasteiger partial charge in [-0.15, -0.1) is 0 Å². The van der Waals surface area contributed by atoms with Crippen molar-refractivity contribution in [2.45, 2.75) is 25.4 Å². The third-order valence-corrected chi connectivity index (χ3v) is 3.62.